The van der Waals surface area contributed by atoms with E-state index < -0.39 is 5.41 Å². The molecule has 2 aliphatic carbocycles. The van der Waals surface area contributed by atoms with Gasteiger partial charge in [0.25, 0.3) is 0 Å². The number of amides is 2. The first-order valence-electron chi connectivity index (χ1n) is 12.0. The molecule has 0 radical (unpaired) electrons. The predicted octanol–water partition coefficient (Wildman–Crippen LogP) is 4.34. The number of carbonyl (C=O) groups is 2. The van der Waals surface area contributed by atoms with E-state index in [4.69, 9.17) is 5.73 Å². The molecule has 2 aromatic rings. The van der Waals surface area contributed by atoms with Gasteiger partial charge in [0.2, 0.25) is 11.8 Å². The van der Waals surface area contributed by atoms with Crippen molar-refractivity contribution in [2.24, 2.45) is 17.6 Å². The van der Waals surface area contributed by atoms with Gasteiger partial charge in [-0.05, 0) is 74.3 Å². The molecule has 4 N–H and O–H groups in total. The Kier molecular flexibility index (Phi) is 9.03. The molecular formula is C26H34ClFN4O2. The number of rotatable bonds is 7. The quantitative estimate of drug-likeness (QED) is 0.540. The fourth-order valence-corrected chi connectivity index (χ4v) is 5.43. The molecule has 1 aromatic heterocycles. The minimum Gasteiger partial charge on any atom is -0.354 e. The Labute approximate surface area is 206 Å². The SMILES string of the molecule is Cl.NC(CNC(=O)C1(c2ccc(F)cc2)CCCC1)C1CCC(C(=O)Nc2ccncc2)CC1. The molecule has 34 heavy (non-hydrogen) atoms. The highest BCUT2D eigenvalue weighted by Crippen LogP contribution is 2.41. The topological polar surface area (TPSA) is 97.1 Å². The highest BCUT2D eigenvalue weighted by atomic mass is 35.5. The van der Waals surface area contributed by atoms with Crippen LogP contribution in [0.2, 0.25) is 0 Å². The van der Waals surface area contributed by atoms with Crippen LogP contribution in [0.15, 0.2) is 48.8 Å². The van der Waals surface area contributed by atoms with E-state index in [9.17, 15) is 14.0 Å². The minimum atomic E-state index is -0.587. The van der Waals surface area contributed by atoms with Crippen molar-refractivity contribution in [3.05, 3.63) is 60.2 Å². The third-order valence-electron chi connectivity index (χ3n) is 7.48. The van der Waals surface area contributed by atoms with Crippen molar-refractivity contribution < 1.29 is 14.0 Å². The van der Waals surface area contributed by atoms with Crippen molar-refractivity contribution >= 4 is 29.9 Å². The Balaban J connectivity index is 0.00000324. The number of nitrogens with one attached hydrogen (secondary N) is 2. The van der Waals surface area contributed by atoms with Crippen LogP contribution in [0.5, 0.6) is 0 Å². The van der Waals surface area contributed by atoms with Crippen molar-refractivity contribution in [3.63, 3.8) is 0 Å². The first-order valence-corrected chi connectivity index (χ1v) is 12.0. The molecule has 0 spiro atoms. The zero-order valence-corrected chi connectivity index (χ0v) is 20.2. The summed E-state index contributed by atoms with van der Waals surface area (Å²) < 4.78 is 13.4. The van der Waals surface area contributed by atoms with E-state index >= 15 is 0 Å². The van der Waals surface area contributed by atoms with Crippen LogP contribution in [-0.2, 0) is 15.0 Å². The first-order chi connectivity index (χ1) is 16.0. The Hall–Kier alpha value is -2.51. The average Bonchev–Trinajstić information content (AvgIpc) is 3.35. The highest BCUT2D eigenvalue weighted by Gasteiger charge is 2.42. The van der Waals surface area contributed by atoms with Crippen molar-refractivity contribution in [1.82, 2.24) is 10.3 Å². The number of aromatic nitrogens is 1. The summed E-state index contributed by atoms with van der Waals surface area (Å²) in [6.45, 7) is 0.417. The molecular weight excluding hydrogens is 455 g/mol. The first kappa shape index (κ1) is 26.1. The Bertz CT molecular complexity index is 943. The molecule has 1 unspecified atom stereocenters. The van der Waals surface area contributed by atoms with Crippen molar-refractivity contribution in [1.29, 1.82) is 0 Å². The van der Waals surface area contributed by atoms with Gasteiger partial charge in [0.1, 0.15) is 5.82 Å². The molecule has 2 fully saturated rings. The summed E-state index contributed by atoms with van der Waals surface area (Å²) in [5.41, 5.74) is 7.53. The van der Waals surface area contributed by atoms with Crippen molar-refractivity contribution in [2.75, 3.05) is 11.9 Å². The van der Waals surface area contributed by atoms with Crippen LogP contribution in [0.1, 0.15) is 56.9 Å². The van der Waals surface area contributed by atoms with E-state index in [2.05, 4.69) is 15.6 Å². The molecule has 1 aromatic carbocycles. The molecule has 2 aliphatic rings. The van der Waals surface area contributed by atoms with E-state index in [0.29, 0.717) is 6.54 Å². The minimum absolute atomic E-state index is 0. The van der Waals surface area contributed by atoms with Gasteiger partial charge < -0.3 is 16.4 Å². The lowest BCUT2D eigenvalue weighted by molar-refractivity contribution is -0.126. The average molecular weight is 489 g/mol. The Morgan fingerprint density at radius 3 is 2.26 bits per heavy atom. The fourth-order valence-electron chi connectivity index (χ4n) is 5.43. The second kappa shape index (κ2) is 11.8. The third-order valence-corrected chi connectivity index (χ3v) is 7.48. The lowest BCUT2D eigenvalue weighted by Gasteiger charge is -2.33. The fraction of sp³-hybridized carbons (Fsp3) is 0.500. The van der Waals surface area contributed by atoms with Gasteiger partial charge in [-0.15, -0.1) is 12.4 Å². The number of nitrogens with zero attached hydrogens (tertiary/aromatic N) is 1. The number of hydrogen-bond donors (Lipinski definition) is 3. The second-order valence-corrected chi connectivity index (χ2v) is 9.51. The number of halogens is 2. The van der Waals surface area contributed by atoms with Crippen molar-refractivity contribution in [2.45, 2.75) is 62.8 Å². The number of pyridine rings is 1. The Morgan fingerprint density at radius 2 is 1.65 bits per heavy atom. The number of anilines is 1. The van der Waals surface area contributed by atoms with E-state index in [1.165, 1.54) is 12.1 Å². The summed E-state index contributed by atoms with van der Waals surface area (Å²) >= 11 is 0. The summed E-state index contributed by atoms with van der Waals surface area (Å²) in [4.78, 5) is 29.8. The lowest BCUT2D eigenvalue weighted by Crippen LogP contribution is -2.49. The summed E-state index contributed by atoms with van der Waals surface area (Å²) in [6, 6.07) is 9.74. The van der Waals surface area contributed by atoms with Crippen LogP contribution in [0, 0.1) is 17.7 Å². The summed E-state index contributed by atoms with van der Waals surface area (Å²) in [5.74, 6) is 0.00734. The molecule has 4 rings (SSSR count). The standard InChI is InChI=1S/C26H33FN4O2.ClH/c27-21-9-7-20(8-10-21)26(13-1-2-14-26)25(33)30-17-23(28)18-3-5-19(6-4-18)24(32)31-22-11-15-29-16-12-22;/h7-12,15-16,18-19,23H,1-6,13-14,17,28H2,(H,30,33)(H,29,31,32);1H. The summed E-state index contributed by atoms with van der Waals surface area (Å²) in [5, 5.41) is 6.06. The zero-order chi connectivity index (χ0) is 23.3. The van der Waals surface area contributed by atoms with Crippen LogP contribution in [0.25, 0.3) is 0 Å². The van der Waals surface area contributed by atoms with Gasteiger partial charge in [-0.3, -0.25) is 14.6 Å². The van der Waals surface area contributed by atoms with Gasteiger partial charge in [-0.1, -0.05) is 25.0 Å². The van der Waals surface area contributed by atoms with Gasteiger partial charge in [0, 0.05) is 36.6 Å². The summed E-state index contributed by atoms with van der Waals surface area (Å²) in [6.07, 6.45) is 10.2. The monoisotopic (exact) mass is 488 g/mol. The number of nitrogens with two attached hydrogens (primary N) is 1. The molecule has 1 atom stereocenters. The van der Waals surface area contributed by atoms with Crippen LogP contribution in [0.4, 0.5) is 10.1 Å². The van der Waals surface area contributed by atoms with E-state index in [1.807, 2.05) is 0 Å². The van der Waals surface area contributed by atoms with E-state index in [0.717, 1.165) is 62.6 Å². The van der Waals surface area contributed by atoms with Gasteiger partial charge in [0.15, 0.2) is 0 Å². The molecule has 8 heteroatoms. The molecule has 2 amide bonds. The predicted molar refractivity (Wildman–Crippen MR) is 133 cm³/mol. The Morgan fingerprint density at radius 1 is 1.03 bits per heavy atom. The van der Waals surface area contributed by atoms with Gasteiger partial charge >= 0.3 is 0 Å². The zero-order valence-electron chi connectivity index (χ0n) is 19.3. The molecule has 0 saturated heterocycles. The molecule has 0 aliphatic heterocycles. The number of benzene rings is 1. The maximum Gasteiger partial charge on any atom is 0.230 e. The molecule has 0 bridgehead atoms. The number of carbonyl (C=O) groups excluding carboxylic acids is 2. The molecule has 184 valence electrons. The molecule has 6 nitrogen and oxygen atoms in total. The highest BCUT2D eigenvalue weighted by molar-refractivity contribution is 5.92. The van der Waals surface area contributed by atoms with Gasteiger partial charge in [-0.2, -0.15) is 0 Å². The largest absolute Gasteiger partial charge is 0.354 e. The van der Waals surface area contributed by atoms with Gasteiger partial charge in [0.05, 0.1) is 5.41 Å². The number of hydrogen-bond acceptors (Lipinski definition) is 4. The molecule has 2 saturated carbocycles. The van der Waals surface area contributed by atoms with E-state index in [1.54, 1.807) is 36.7 Å². The van der Waals surface area contributed by atoms with Crippen LogP contribution in [-0.4, -0.2) is 29.4 Å². The van der Waals surface area contributed by atoms with Crippen LogP contribution >= 0.6 is 12.4 Å². The maximum atomic E-state index is 13.4. The van der Waals surface area contributed by atoms with Crippen LogP contribution < -0.4 is 16.4 Å². The van der Waals surface area contributed by atoms with Crippen molar-refractivity contribution in [3.8, 4) is 0 Å². The smallest absolute Gasteiger partial charge is 0.230 e. The van der Waals surface area contributed by atoms with Gasteiger partial charge in [-0.25, -0.2) is 4.39 Å². The lowest BCUT2D eigenvalue weighted by atomic mass is 9.77. The second-order valence-electron chi connectivity index (χ2n) is 9.51. The van der Waals surface area contributed by atoms with Crippen LogP contribution in [0.3, 0.4) is 0 Å². The normalized spacial score (nSPS) is 22.3. The third kappa shape index (κ3) is 5.94. The maximum absolute atomic E-state index is 13.4. The summed E-state index contributed by atoms with van der Waals surface area (Å²) in [7, 11) is 0. The molecule has 1 heterocycles. The van der Waals surface area contributed by atoms with E-state index in [-0.39, 0.29) is 47.9 Å².